The fourth-order valence-corrected chi connectivity index (χ4v) is 2.79. The molecule has 0 radical (unpaired) electrons. The Labute approximate surface area is 142 Å². The van der Waals surface area contributed by atoms with E-state index >= 15 is 0 Å². The molecule has 1 aromatic carbocycles. The Balaban J connectivity index is 1.90. The standard InChI is InChI=1S/C18H23N5O/c1-21(2)16-11-15(19-18(20-16)22(3)4)17(24)23-10-9-13-7-5-6-8-14(13)12-23/h5-8,11H,9-10,12H2,1-4H3. The molecular formula is C18H23N5O. The van der Waals surface area contributed by atoms with Gasteiger partial charge in [-0.3, -0.25) is 4.79 Å². The first-order valence-electron chi connectivity index (χ1n) is 8.05. The van der Waals surface area contributed by atoms with Crippen LogP contribution in [0, 0.1) is 0 Å². The molecule has 24 heavy (non-hydrogen) atoms. The molecule has 0 aliphatic carbocycles. The highest BCUT2D eigenvalue weighted by Crippen LogP contribution is 2.21. The Bertz CT molecular complexity index is 731. The highest BCUT2D eigenvalue weighted by molar-refractivity contribution is 5.93. The maximum Gasteiger partial charge on any atom is 0.273 e. The van der Waals surface area contributed by atoms with Crippen LogP contribution < -0.4 is 9.80 Å². The lowest BCUT2D eigenvalue weighted by molar-refractivity contribution is 0.0728. The van der Waals surface area contributed by atoms with Crippen molar-refractivity contribution in [3.05, 3.63) is 47.2 Å². The highest BCUT2D eigenvalue weighted by Gasteiger charge is 2.24. The van der Waals surface area contributed by atoms with E-state index in [-0.39, 0.29) is 5.91 Å². The summed E-state index contributed by atoms with van der Waals surface area (Å²) in [6.45, 7) is 1.35. The largest absolute Gasteiger partial charge is 0.363 e. The summed E-state index contributed by atoms with van der Waals surface area (Å²) in [7, 11) is 7.57. The fourth-order valence-electron chi connectivity index (χ4n) is 2.79. The Hall–Kier alpha value is -2.63. The molecule has 3 rings (SSSR count). The molecule has 6 heteroatoms. The van der Waals surface area contributed by atoms with Gasteiger partial charge >= 0.3 is 0 Å². The van der Waals surface area contributed by atoms with Crippen molar-refractivity contribution in [2.45, 2.75) is 13.0 Å². The van der Waals surface area contributed by atoms with Gasteiger partial charge in [0.05, 0.1) is 0 Å². The van der Waals surface area contributed by atoms with Crippen LogP contribution in [-0.2, 0) is 13.0 Å². The third kappa shape index (κ3) is 3.18. The smallest absolute Gasteiger partial charge is 0.273 e. The van der Waals surface area contributed by atoms with E-state index in [1.165, 1.54) is 11.1 Å². The Morgan fingerprint density at radius 1 is 1.04 bits per heavy atom. The zero-order chi connectivity index (χ0) is 17.3. The second kappa shape index (κ2) is 6.47. The lowest BCUT2D eigenvalue weighted by Gasteiger charge is -2.29. The van der Waals surface area contributed by atoms with Crippen LogP contribution in [0.5, 0.6) is 0 Å². The van der Waals surface area contributed by atoms with Gasteiger partial charge in [-0.05, 0) is 17.5 Å². The maximum atomic E-state index is 13.0. The molecule has 1 amide bonds. The van der Waals surface area contributed by atoms with Crippen molar-refractivity contribution in [3.63, 3.8) is 0 Å². The predicted octanol–water partition coefficient (Wildman–Crippen LogP) is 1.81. The summed E-state index contributed by atoms with van der Waals surface area (Å²) < 4.78 is 0. The van der Waals surface area contributed by atoms with E-state index in [2.05, 4.69) is 22.1 Å². The number of aromatic nitrogens is 2. The number of hydrogen-bond acceptors (Lipinski definition) is 5. The number of fused-ring (bicyclic) bond motifs is 1. The molecule has 0 saturated heterocycles. The predicted molar refractivity (Wildman–Crippen MR) is 95.6 cm³/mol. The summed E-state index contributed by atoms with van der Waals surface area (Å²) in [5.41, 5.74) is 2.98. The first-order valence-corrected chi connectivity index (χ1v) is 8.05. The molecule has 0 fully saturated rings. The van der Waals surface area contributed by atoms with Crippen LogP contribution >= 0.6 is 0 Å². The minimum atomic E-state index is -0.0434. The molecule has 126 valence electrons. The molecule has 1 aromatic heterocycles. The maximum absolute atomic E-state index is 13.0. The molecule has 0 spiro atoms. The molecular weight excluding hydrogens is 302 g/mol. The van der Waals surface area contributed by atoms with Crippen molar-refractivity contribution < 1.29 is 4.79 Å². The minimum Gasteiger partial charge on any atom is -0.363 e. The normalized spacial score (nSPS) is 13.4. The Kier molecular flexibility index (Phi) is 4.38. The third-order valence-corrected chi connectivity index (χ3v) is 4.20. The van der Waals surface area contributed by atoms with E-state index in [9.17, 15) is 4.79 Å². The number of anilines is 2. The number of carbonyl (C=O) groups excluding carboxylic acids is 1. The molecule has 0 atom stereocenters. The number of nitrogens with zero attached hydrogens (tertiary/aromatic N) is 5. The summed E-state index contributed by atoms with van der Waals surface area (Å²) >= 11 is 0. The van der Waals surface area contributed by atoms with Gasteiger partial charge in [-0.15, -0.1) is 0 Å². The molecule has 6 nitrogen and oxygen atoms in total. The van der Waals surface area contributed by atoms with Gasteiger partial charge in [-0.2, -0.15) is 4.98 Å². The third-order valence-electron chi connectivity index (χ3n) is 4.20. The molecule has 2 heterocycles. The summed E-state index contributed by atoms with van der Waals surface area (Å²) in [5.74, 6) is 1.23. The summed E-state index contributed by atoms with van der Waals surface area (Å²) in [6, 6.07) is 10.1. The van der Waals surface area contributed by atoms with Crippen molar-refractivity contribution in [2.75, 3.05) is 44.5 Å². The van der Waals surface area contributed by atoms with Crippen LogP contribution in [0.1, 0.15) is 21.6 Å². The van der Waals surface area contributed by atoms with Crippen molar-refractivity contribution in [1.29, 1.82) is 0 Å². The zero-order valence-corrected chi connectivity index (χ0v) is 14.7. The number of rotatable bonds is 3. The van der Waals surface area contributed by atoms with E-state index in [1.54, 1.807) is 6.07 Å². The van der Waals surface area contributed by atoms with E-state index in [1.807, 2.05) is 55.0 Å². The van der Waals surface area contributed by atoms with Gasteiger partial charge in [-0.25, -0.2) is 4.98 Å². The van der Waals surface area contributed by atoms with Gasteiger partial charge < -0.3 is 14.7 Å². The SMILES string of the molecule is CN(C)c1cc(C(=O)N2CCc3ccccc3C2)nc(N(C)C)n1. The summed E-state index contributed by atoms with van der Waals surface area (Å²) in [4.78, 5) is 27.4. The van der Waals surface area contributed by atoms with Crippen LogP contribution in [-0.4, -0.2) is 55.5 Å². The van der Waals surface area contributed by atoms with E-state index in [0.717, 1.165) is 12.2 Å². The minimum absolute atomic E-state index is 0.0434. The second-order valence-electron chi connectivity index (χ2n) is 6.45. The van der Waals surface area contributed by atoms with Gasteiger partial charge in [0.2, 0.25) is 5.95 Å². The molecule has 0 bridgehead atoms. The molecule has 1 aliphatic rings. The van der Waals surface area contributed by atoms with E-state index in [0.29, 0.717) is 24.7 Å². The van der Waals surface area contributed by atoms with Gasteiger partial charge in [0.1, 0.15) is 11.5 Å². The Morgan fingerprint density at radius 3 is 2.42 bits per heavy atom. The molecule has 0 unspecified atom stereocenters. The zero-order valence-electron chi connectivity index (χ0n) is 14.7. The van der Waals surface area contributed by atoms with E-state index < -0.39 is 0 Å². The molecule has 0 N–H and O–H groups in total. The first kappa shape index (κ1) is 16.2. The topological polar surface area (TPSA) is 52.6 Å². The molecule has 0 saturated carbocycles. The summed E-state index contributed by atoms with van der Waals surface area (Å²) in [6.07, 6.45) is 0.883. The van der Waals surface area contributed by atoms with Crippen LogP contribution in [0.2, 0.25) is 0 Å². The van der Waals surface area contributed by atoms with Crippen LogP contribution in [0.15, 0.2) is 30.3 Å². The van der Waals surface area contributed by atoms with Crippen molar-refractivity contribution in [2.24, 2.45) is 0 Å². The van der Waals surface area contributed by atoms with Gasteiger partial charge in [0.15, 0.2) is 0 Å². The number of hydrogen-bond donors (Lipinski definition) is 0. The quantitative estimate of drug-likeness (QED) is 0.861. The summed E-state index contributed by atoms with van der Waals surface area (Å²) in [5, 5.41) is 0. The highest BCUT2D eigenvalue weighted by atomic mass is 16.2. The van der Waals surface area contributed by atoms with Gasteiger partial charge in [0.25, 0.3) is 5.91 Å². The molecule has 1 aliphatic heterocycles. The number of benzene rings is 1. The van der Waals surface area contributed by atoms with Crippen LogP contribution in [0.4, 0.5) is 11.8 Å². The van der Waals surface area contributed by atoms with Crippen LogP contribution in [0.25, 0.3) is 0 Å². The molecule has 2 aromatic rings. The van der Waals surface area contributed by atoms with Crippen molar-refractivity contribution >= 4 is 17.7 Å². The number of carbonyl (C=O) groups is 1. The fraction of sp³-hybridized carbons (Fsp3) is 0.389. The number of amides is 1. The Morgan fingerprint density at radius 2 is 1.75 bits per heavy atom. The average molecular weight is 325 g/mol. The van der Waals surface area contributed by atoms with Gasteiger partial charge in [-0.1, -0.05) is 24.3 Å². The van der Waals surface area contributed by atoms with Crippen LogP contribution in [0.3, 0.4) is 0 Å². The van der Waals surface area contributed by atoms with Crippen molar-refractivity contribution in [3.8, 4) is 0 Å². The monoisotopic (exact) mass is 325 g/mol. The lowest BCUT2D eigenvalue weighted by atomic mass is 10.00. The van der Waals surface area contributed by atoms with Gasteiger partial charge in [0, 0.05) is 47.3 Å². The van der Waals surface area contributed by atoms with E-state index in [4.69, 9.17) is 0 Å². The second-order valence-corrected chi connectivity index (χ2v) is 6.45. The first-order chi connectivity index (χ1) is 11.5. The average Bonchev–Trinajstić information content (AvgIpc) is 2.60. The van der Waals surface area contributed by atoms with Crippen molar-refractivity contribution in [1.82, 2.24) is 14.9 Å². The lowest BCUT2D eigenvalue weighted by Crippen LogP contribution is -2.36.